The van der Waals surface area contributed by atoms with Gasteiger partial charge in [-0.25, -0.2) is 5.48 Å². The van der Waals surface area contributed by atoms with Crippen molar-refractivity contribution in [3.63, 3.8) is 0 Å². The molecule has 2 aliphatic heterocycles. The molecule has 0 radical (unpaired) electrons. The second-order valence-corrected chi connectivity index (χ2v) is 12.2. The van der Waals surface area contributed by atoms with Gasteiger partial charge in [0.1, 0.15) is 0 Å². The van der Waals surface area contributed by atoms with E-state index in [-0.39, 0.29) is 31.1 Å². The van der Waals surface area contributed by atoms with E-state index < -0.39 is 12.2 Å². The van der Waals surface area contributed by atoms with E-state index in [0.717, 1.165) is 68.8 Å². The fraction of sp³-hybridized carbons (Fsp3) is 0.444. The monoisotopic (exact) mass is 630 g/mol. The highest BCUT2D eigenvalue weighted by Crippen LogP contribution is 2.38. The van der Waals surface area contributed by atoms with Crippen molar-refractivity contribution in [2.75, 3.05) is 38.0 Å². The molecule has 0 aromatic heterocycles. The zero-order chi connectivity index (χ0) is 32.1. The van der Waals surface area contributed by atoms with Crippen LogP contribution in [-0.2, 0) is 32.2 Å². The summed E-state index contributed by atoms with van der Waals surface area (Å²) in [5.74, 6) is -0.495. The summed E-state index contributed by atoms with van der Waals surface area (Å²) >= 11 is 0. The lowest BCUT2D eigenvalue weighted by Crippen LogP contribution is -2.49. The van der Waals surface area contributed by atoms with Gasteiger partial charge in [0.2, 0.25) is 11.8 Å². The van der Waals surface area contributed by atoms with Gasteiger partial charge in [0, 0.05) is 69.8 Å². The number of anilines is 1. The molecular weight excluding hydrogens is 584 g/mol. The molecule has 0 spiro atoms. The molecule has 2 fully saturated rings. The number of unbranched alkanes of at least 4 members (excludes halogenated alkanes) is 2. The third kappa shape index (κ3) is 10.2. The SMILES string of the molecule is O=C(CCCCCC(=O)Nc1ccc(C2OC(CN3CCN(Cc4ccccc4)CC3)CC(c3ccc(CO)cc3)O2)cc1)NO. The minimum absolute atomic E-state index is 0.00263. The summed E-state index contributed by atoms with van der Waals surface area (Å²) in [5.41, 5.74) is 6.47. The summed E-state index contributed by atoms with van der Waals surface area (Å²) in [5, 5.41) is 21.0. The first-order chi connectivity index (χ1) is 22.5. The molecule has 246 valence electrons. The zero-order valence-electron chi connectivity index (χ0n) is 26.4. The van der Waals surface area contributed by atoms with Gasteiger partial charge in [0.05, 0.1) is 18.8 Å². The van der Waals surface area contributed by atoms with Gasteiger partial charge < -0.3 is 19.9 Å². The minimum atomic E-state index is -0.554. The second kappa shape index (κ2) is 17.3. The highest BCUT2D eigenvalue weighted by Gasteiger charge is 2.33. The van der Waals surface area contributed by atoms with Crippen LogP contribution in [0.3, 0.4) is 0 Å². The van der Waals surface area contributed by atoms with E-state index in [4.69, 9.17) is 14.7 Å². The molecular formula is C36H46N4O6. The maximum Gasteiger partial charge on any atom is 0.243 e. The van der Waals surface area contributed by atoms with Crippen molar-refractivity contribution in [1.29, 1.82) is 0 Å². The average Bonchev–Trinajstić information content (AvgIpc) is 3.09. The first-order valence-electron chi connectivity index (χ1n) is 16.3. The van der Waals surface area contributed by atoms with Crippen LogP contribution in [0.1, 0.15) is 73.2 Å². The number of piperazine rings is 1. The molecule has 3 unspecified atom stereocenters. The van der Waals surface area contributed by atoms with Gasteiger partial charge in [-0.3, -0.25) is 24.6 Å². The Hall–Kier alpha value is -3.64. The van der Waals surface area contributed by atoms with Crippen LogP contribution in [0.15, 0.2) is 78.9 Å². The number of carbonyl (C=O) groups is 2. The lowest BCUT2D eigenvalue weighted by molar-refractivity contribution is -0.253. The Morgan fingerprint density at radius 2 is 1.39 bits per heavy atom. The topological polar surface area (TPSA) is 124 Å². The van der Waals surface area contributed by atoms with Crippen LogP contribution < -0.4 is 10.8 Å². The molecule has 10 nitrogen and oxygen atoms in total. The summed E-state index contributed by atoms with van der Waals surface area (Å²) in [6.07, 6.45) is 2.61. The standard InChI is InChI=1S/C36H46N4O6/c41-26-28-11-13-29(14-12-28)33-23-32(25-40-21-19-39(20-22-40)24-27-7-3-1-4-8-27)45-36(46-33)30-15-17-31(18-16-30)37-34(42)9-5-2-6-10-35(43)38-44/h1,3-4,7-8,11-18,32-33,36,41,44H,2,5-6,9-10,19-26H2,(H,37,42)(H,38,43). The van der Waals surface area contributed by atoms with Gasteiger partial charge in [0.25, 0.3) is 0 Å². The number of hydrogen-bond donors (Lipinski definition) is 4. The molecule has 3 aromatic carbocycles. The summed E-state index contributed by atoms with van der Waals surface area (Å²) < 4.78 is 13.1. The lowest BCUT2D eigenvalue weighted by atomic mass is 9.99. The molecule has 0 bridgehead atoms. The smallest absolute Gasteiger partial charge is 0.243 e. The molecule has 0 saturated carbocycles. The molecule has 46 heavy (non-hydrogen) atoms. The Kier molecular flexibility index (Phi) is 12.7. The normalized spacial score (nSPS) is 20.7. The van der Waals surface area contributed by atoms with Crippen LogP contribution in [0.4, 0.5) is 5.69 Å². The summed E-state index contributed by atoms with van der Waals surface area (Å²) in [6.45, 7) is 5.80. The van der Waals surface area contributed by atoms with E-state index >= 15 is 0 Å². The van der Waals surface area contributed by atoms with E-state index in [2.05, 4.69) is 45.4 Å². The van der Waals surface area contributed by atoms with Crippen molar-refractivity contribution in [1.82, 2.24) is 15.3 Å². The van der Waals surface area contributed by atoms with Gasteiger partial charge in [-0.05, 0) is 41.7 Å². The number of nitrogens with one attached hydrogen (secondary N) is 2. The maximum absolute atomic E-state index is 12.4. The Labute approximate surface area is 271 Å². The molecule has 3 atom stereocenters. The number of aliphatic hydroxyl groups is 1. The van der Waals surface area contributed by atoms with Crippen molar-refractivity contribution in [3.8, 4) is 0 Å². The number of hydrogen-bond acceptors (Lipinski definition) is 8. The Balaban J connectivity index is 1.17. The van der Waals surface area contributed by atoms with Gasteiger partial charge in [-0.1, -0.05) is 73.2 Å². The number of carbonyl (C=O) groups excluding carboxylic acids is 2. The first-order valence-corrected chi connectivity index (χ1v) is 16.3. The molecule has 4 N–H and O–H groups in total. The summed E-state index contributed by atoms with van der Waals surface area (Å²) in [6, 6.07) is 26.1. The largest absolute Gasteiger partial charge is 0.392 e. The Bertz CT molecular complexity index is 1360. The fourth-order valence-corrected chi connectivity index (χ4v) is 6.04. The van der Waals surface area contributed by atoms with E-state index in [9.17, 15) is 14.7 Å². The number of rotatable bonds is 14. The van der Waals surface area contributed by atoms with Crippen molar-refractivity contribution in [2.24, 2.45) is 0 Å². The van der Waals surface area contributed by atoms with Crippen molar-refractivity contribution >= 4 is 17.5 Å². The number of hydroxylamine groups is 1. The molecule has 2 saturated heterocycles. The average molecular weight is 631 g/mol. The van der Waals surface area contributed by atoms with Crippen LogP contribution in [-0.4, -0.2) is 70.8 Å². The molecule has 3 aromatic rings. The fourth-order valence-electron chi connectivity index (χ4n) is 6.04. The number of ether oxygens (including phenoxy) is 2. The molecule has 10 heteroatoms. The molecule has 2 aliphatic rings. The number of aliphatic hydroxyl groups excluding tert-OH is 1. The van der Waals surface area contributed by atoms with Crippen molar-refractivity contribution in [2.45, 2.75) is 70.2 Å². The molecule has 2 heterocycles. The molecule has 5 rings (SSSR count). The maximum atomic E-state index is 12.4. The minimum Gasteiger partial charge on any atom is -0.392 e. The Morgan fingerprint density at radius 1 is 0.739 bits per heavy atom. The third-order valence-electron chi connectivity index (χ3n) is 8.69. The summed E-state index contributed by atoms with van der Waals surface area (Å²) in [7, 11) is 0. The van der Waals surface area contributed by atoms with Crippen LogP contribution in [0.5, 0.6) is 0 Å². The van der Waals surface area contributed by atoms with E-state index in [0.29, 0.717) is 24.9 Å². The number of nitrogens with zero attached hydrogens (tertiary/aromatic N) is 2. The first kappa shape index (κ1) is 33.7. The quantitative estimate of drug-likeness (QED) is 0.112. The van der Waals surface area contributed by atoms with Crippen LogP contribution in [0, 0.1) is 0 Å². The highest BCUT2D eigenvalue weighted by atomic mass is 16.7. The second-order valence-electron chi connectivity index (χ2n) is 12.2. The number of benzene rings is 3. The highest BCUT2D eigenvalue weighted by molar-refractivity contribution is 5.90. The van der Waals surface area contributed by atoms with Crippen molar-refractivity contribution < 1.29 is 29.4 Å². The number of amides is 2. The predicted octanol–water partition coefficient (Wildman–Crippen LogP) is 4.94. The van der Waals surface area contributed by atoms with Crippen LogP contribution >= 0.6 is 0 Å². The van der Waals surface area contributed by atoms with E-state index in [1.165, 1.54) is 5.56 Å². The van der Waals surface area contributed by atoms with E-state index in [1.54, 1.807) is 5.48 Å². The predicted molar refractivity (Wildman–Crippen MR) is 175 cm³/mol. The summed E-state index contributed by atoms with van der Waals surface area (Å²) in [4.78, 5) is 28.5. The molecule has 0 aliphatic carbocycles. The zero-order valence-corrected chi connectivity index (χ0v) is 26.4. The third-order valence-corrected chi connectivity index (χ3v) is 8.69. The lowest BCUT2D eigenvalue weighted by Gasteiger charge is -2.40. The van der Waals surface area contributed by atoms with E-state index in [1.807, 2.05) is 48.5 Å². The van der Waals surface area contributed by atoms with Crippen molar-refractivity contribution in [3.05, 3.63) is 101 Å². The molecule has 2 amide bonds. The van der Waals surface area contributed by atoms with Crippen LogP contribution in [0.2, 0.25) is 0 Å². The Morgan fingerprint density at radius 3 is 2.07 bits per heavy atom. The van der Waals surface area contributed by atoms with Crippen LogP contribution in [0.25, 0.3) is 0 Å². The van der Waals surface area contributed by atoms with Gasteiger partial charge in [0.15, 0.2) is 6.29 Å². The van der Waals surface area contributed by atoms with Gasteiger partial charge in [-0.15, -0.1) is 0 Å². The van der Waals surface area contributed by atoms with Gasteiger partial charge in [-0.2, -0.15) is 0 Å². The van der Waals surface area contributed by atoms with Gasteiger partial charge >= 0.3 is 0 Å².